The van der Waals surface area contributed by atoms with E-state index >= 15 is 0 Å². The van der Waals surface area contributed by atoms with Crippen molar-refractivity contribution in [1.29, 1.82) is 0 Å². The summed E-state index contributed by atoms with van der Waals surface area (Å²) in [6.45, 7) is 0. The predicted octanol–water partition coefficient (Wildman–Crippen LogP) is 4.80. The molecule has 0 aliphatic heterocycles. The first-order chi connectivity index (χ1) is 8.36. The number of aromatic nitrogens is 2. The van der Waals surface area contributed by atoms with E-state index in [4.69, 9.17) is 20.2 Å². The van der Waals surface area contributed by atoms with Crippen molar-refractivity contribution in [3.05, 3.63) is 48.8 Å². The summed E-state index contributed by atoms with van der Waals surface area (Å²) in [5, 5.41) is 2.28. The molecule has 0 bridgehead atoms. The molecule has 96 valence electrons. The molecule has 18 heavy (non-hydrogen) atoms. The quantitative estimate of drug-likeness (QED) is 0.439. The summed E-state index contributed by atoms with van der Waals surface area (Å²) < 4.78 is 0. The third kappa shape index (κ3) is 3.33. The van der Waals surface area contributed by atoms with Gasteiger partial charge in [-0.3, -0.25) is 9.97 Å². The second-order valence-electron chi connectivity index (χ2n) is 3.27. The molecule has 2 aromatic heterocycles. The van der Waals surface area contributed by atoms with Crippen LogP contribution in [0, 0.1) is 0 Å². The van der Waals surface area contributed by atoms with Crippen LogP contribution in [-0.4, -0.2) is 9.97 Å². The van der Waals surface area contributed by atoms with E-state index in [1.54, 1.807) is 12.4 Å². The summed E-state index contributed by atoms with van der Waals surface area (Å²) in [7, 11) is 9.53. The maximum Gasteiger partial charge on any atom is 0.0964 e. The number of benzene rings is 1. The van der Waals surface area contributed by atoms with Crippen LogP contribution >= 0.6 is 20.2 Å². The van der Waals surface area contributed by atoms with Gasteiger partial charge in [-0.1, -0.05) is 31.7 Å². The molecule has 3 aromatic rings. The Morgan fingerprint density at radius 1 is 0.778 bits per heavy atom. The Morgan fingerprint density at radius 3 is 1.56 bits per heavy atom. The standard InChI is InChI=1S/C12H8N2.CH4.2ClH.Fe/c1-3-9-5-6-10-4-2-8-14-12(10)11(9)13-7-1;;;;/h1-8H;1H4;2*1H;/q;;;;+2/p-2. The van der Waals surface area contributed by atoms with Gasteiger partial charge < -0.3 is 0 Å². The Labute approximate surface area is 121 Å². The molecular formula is C13H12Cl2FeN2. The van der Waals surface area contributed by atoms with Gasteiger partial charge in [0.1, 0.15) is 0 Å². The largest absolute Gasteiger partial charge is 0.254 e. The average Bonchev–Trinajstić information content (AvgIpc) is 2.40. The van der Waals surface area contributed by atoms with Crippen LogP contribution in [0.2, 0.25) is 0 Å². The minimum Gasteiger partial charge on any atom is -0.254 e. The Kier molecular flexibility index (Phi) is 6.37. The van der Waals surface area contributed by atoms with Crippen molar-refractivity contribution in [2.75, 3.05) is 0 Å². The van der Waals surface area contributed by atoms with E-state index in [1.165, 1.54) is 0 Å². The third-order valence-corrected chi connectivity index (χ3v) is 2.34. The molecule has 0 saturated heterocycles. The molecule has 5 heteroatoms. The maximum absolute atomic E-state index is 4.76. The topological polar surface area (TPSA) is 25.8 Å². The van der Waals surface area contributed by atoms with E-state index in [2.05, 4.69) is 34.2 Å². The molecule has 2 heterocycles. The van der Waals surface area contributed by atoms with Gasteiger partial charge in [-0.05, 0) is 12.1 Å². The number of rotatable bonds is 0. The predicted molar refractivity (Wildman–Crippen MR) is 75.5 cm³/mol. The number of hydrogen-bond donors (Lipinski definition) is 0. The van der Waals surface area contributed by atoms with Gasteiger partial charge >= 0.3 is 33.3 Å². The van der Waals surface area contributed by atoms with Gasteiger partial charge in [0, 0.05) is 23.2 Å². The number of halogens is 2. The van der Waals surface area contributed by atoms with Crippen molar-refractivity contribution >= 4 is 42.0 Å². The first-order valence-corrected chi connectivity index (χ1v) is 7.84. The number of hydrogen-bond acceptors (Lipinski definition) is 2. The van der Waals surface area contributed by atoms with Gasteiger partial charge in [0.05, 0.1) is 11.0 Å². The molecule has 0 radical (unpaired) electrons. The minimum atomic E-state index is 0. The van der Waals surface area contributed by atoms with Gasteiger partial charge in [0.15, 0.2) is 0 Å². The minimum absolute atomic E-state index is 0. The Balaban J connectivity index is 0.000000372. The Morgan fingerprint density at radius 2 is 1.17 bits per heavy atom. The van der Waals surface area contributed by atoms with Crippen molar-refractivity contribution < 1.29 is 13.1 Å². The molecule has 0 aliphatic carbocycles. The fourth-order valence-electron chi connectivity index (χ4n) is 1.68. The molecule has 0 saturated carbocycles. The van der Waals surface area contributed by atoms with Crippen LogP contribution in [0.4, 0.5) is 0 Å². The van der Waals surface area contributed by atoms with Crippen molar-refractivity contribution in [3.8, 4) is 0 Å². The molecule has 0 aliphatic rings. The van der Waals surface area contributed by atoms with Crippen LogP contribution < -0.4 is 0 Å². The number of nitrogens with zero attached hydrogens (tertiary/aromatic N) is 2. The van der Waals surface area contributed by atoms with Crippen molar-refractivity contribution in [2.24, 2.45) is 0 Å². The molecule has 1 aromatic carbocycles. The van der Waals surface area contributed by atoms with Gasteiger partial charge in [0.2, 0.25) is 0 Å². The molecule has 0 atom stereocenters. The first-order valence-electron chi connectivity index (χ1n) is 4.80. The zero-order valence-electron chi connectivity index (χ0n) is 8.62. The third-order valence-electron chi connectivity index (χ3n) is 2.34. The van der Waals surface area contributed by atoms with Gasteiger partial charge in [-0.15, -0.1) is 0 Å². The summed E-state index contributed by atoms with van der Waals surface area (Å²) in [6, 6.07) is 12.1. The van der Waals surface area contributed by atoms with Crippen molar-refractivity contribution in [3.63, 3.8) is 0 Å². The zero-order chi connectivity index (χ0) is 12.1. The molecule has 0 amide bonds. The molecule has 2 nitrogen and oxygen atoms in total. The van der Waals surface area contributed by atoms with Crippen LogP contribution in [0.1, 0.15) is 7.43 Å². The van der Waals surface area contributed by atoms with E-state index in [1.807, 2.05) is 12.1 Å². The van der Waals surface area contributed by atoms with E-state index in [-0.39, 0.29) is 20.6 Å². The summed E-state index contributed by atoms with van der Waals surface area (Å²) >= 11 is 0.194. The van der Waals surface area contributed by atoms with Crippen LogP contribution in [-0.2, 0) is 13.1 Å². The smallest absolute Gasteiger partial charge is 0.0964 e. The molecular weight excluding hydrogens is 311 g/mol. The molecule has 0 unspecified atom stereocenters. The summed E-state index contributed by atoms with van der Waals surface area (Å²) in [5.74, 6) is 0. The van der Waals surface area contributed by atoms with Crippen molar-refractivity contribution in [1.82, 2.24) is 9.97 Å². The fourth-order valence-corrected chi connectivity index (χ4v) is 1.68. The van der Waals surface area contributed by atoms with Gasteiger partial charge in [-0.2, -0.15) is 0 Å². The molecule has 0 spiro atoms. The van der Waals surface area contributed by atoms with Gasteiger partial charge in [-0.25, -0.2) is 0 Å². The molecule has 0 fully saturated rings. The number of fused-ring (bicyclic) bond motifs is 3. The molecule has 3 rings (SSSR count). The monoisotopic (exact) mass is 322 g/mol. The first kappa shape index (κ1) is 15.2. The van der Waals surface area contributed by atoms with E-state index in [9.17, 15) is 0 Å². The van der Waals surface area contributed by atoms with E-state index in [0.29, 0.717) is 0 Å². The maximum atomic E-state index is 4.76. The average molecular weight is 323 g/mol. The normalized spacial score (nSPS) is 9.67. The van der Waals surface area contributed by atoms with E-state index < -0.39 is 0 Å². The number of pyridine rings is 2. The zero-order valence-corrected chi connectivity index (χ0v) is 11.2. The van der Waals surface area contributed by atoms with Crippen LogP contribution in [0.25, 0.3) is 21.8 Å². The second-order valence-corrected chi connectivity index (χ2v) is 5.09. The Hall–Kier alpha value is -0.861. The van der Waals surface area contributed by atoms with Crippen LogP contribution in [0.5, 0.6) is 0 Å². The molecule has 0 N–H and O–H groups in total. The van der Waals surface area contributed by atoms with Gasteiger partial charge in [0.25, 0.3) is 0 Å². The second kappa shape index (κ2) is 7.55. The summed E-state index contributed by atoms with van der Waals surface area (Å²) in [4.78, 5) is 8.69. The summed E-state index contributed by atoms with van der Waals surface area (Å²) in [5.41, 5.74) is 1.95. The van der Waals surface area contributed by atoms with Crippen molar-refractivity contribution in [2.45, 2.75) is 7.43 Å². The van der Waals surface area contributed by atoms with Crippen LogP contribution in [0.3, 0.4) is 0 Å². The summed E-state index contributed by atoms with van der Waals surface area (Å²) in [6.07, 6.45) is 3.60. The fraction of sp³-hybridized carbons (Fsp3) is 0.0769. The van der Waals surface area contributed by atoms with E-state index in [0.717, 1.165) is 21.8 Å². The Bertz CT molecular complexity index is 576. The van der Waals surface area contributed by atoms with Crippen LogP contribution in [0.15, 0.2) is 48.8 Å². The SMILES string of the molecule is C.[Cl][Fe][Cl].c1cnc2c(c1)ccc1cccnc12.